The van der Waals surface area contributed by atoms with E-state index in [1.54, 1.807) is 0 Å². The zero-order chi connectivity index (χ0) is 13.6. The van der Waals surface area contributed by atoms with E-state index in [0.717, 1.165) is 6.42 Å². The molecule has 0 N–H and O–H groups in total. The van der Waals surface area contributed by atoms with Crippen LogP contribution in [-0.4, -0.2) is 13.1 Å². The van der Waals surface area contributed by atoms with Crippen molar-refractivity contribution in [3.63, 3.8) is 0 Å². The normalized spacial score (nSPS) is 35.6. The van der Waals surface area contributed by atoms with Crippen LogP contribution in [0.5, 0.6) is 0 Å². The summed E-state index contributed by atoms with van der Waals surface area (Å²) in [4.78, 5) is 12.3. The highest BCUT2D eigenvalue weighted by molar-refractivity contribution is 5.86. The van der Waals surface area contributed by atoms with Crippen LogP contribution in [-0.2, 0) is 9.53 Å². The number of hydrogen-bond donors (Lipinski definition) is 0. The van der Waals surface area contributed by atoms with Gasteiger partial charge in [0.25, 0.3) is 0 Å². The predicted octanol–water partition coefficient (Wildman–Crippen LogP) is 3.64. The van der Waals surface area contributed by atoms with E-state index < -0.39 is 5.41 Å². The number of methoxy groups -OCH3 is 1. The third-order valence-corrected chi connectivity index (χ3v) is 4.87. The minimum absolute atomic E-state index is 0.0792. The number of benzene rings is 1. The van der Waals surface area contributed by atoms with Crippen LogP contribution in [0.3, 0.4) is 0 Å². The molecule has 1 fully saturated rings. The summed E-state index contributed by atoms with van der Waals surface area (Å²) in [5, 5.41) is 0. The maximum atomic E-state index is 12.3. The fourth-order valence-corrected chi connectivity index (χ4v) is 4.06. The molecule has 0 aromatic heterocycles. The number of allylic oxidation sites excluding steroid dienone is 1. The van der Waals surface area contributed by atoms with Gasteiger partial charge in [-0.05, 0) is 36.3 Å². The van der Waals surface area contributed by atoms with Crippen LogP contribution in [0.15, 0.2) is 36.4 Å². The van der Waals surface area contributed by atoms with Crippen molar-refractivity contribution < 1.29 is 9.53 Å². The molecule has 4 atom stereocenters. The summed E-state index contributed by atoms with van der Waals surface area (Å²) in [6.45, 7) is 4.23. The van der Waals surface area contributed by atoms with Crippen LogP contribution in [0, 0.1) is 11.3 Å². The molecule has 0 spiro atoms. The second-order valence-electron chi connectivity index (χ2n) is 5.77. The van der Waals surface area contributed by atoms with Crippen molar-refractivity contribution in [2.24, 2.45) is 11.3 Å². The first kappa shape index (κ1) is 12.5. The van der Waals surface area contributed by atoms with Gasteiger partial charge in [-0.3, -0.25) is 4.79 Å². The second-order valence-corrected chi connectivity index (χ2v) is 5.77. The molecule has 2 heteroatoms. The Morgan fingerprint density at radius 1 is 1.37 bits per heavy atom. The van der Waals surface area contributed by atoms with Gasteiger partial charge in [0.2, 0.25) is 0 Å². The number of hydrogen-bond acceptors (Lipinski definition) is 2. The van der Waals surface area contributed by atoms with Gasteiger partial charge in [-0.25, -0.2) is 0 Å². The summed E-state index contributed by atoms with van der Waals surface area (Å²) in [6.07, 6.45) is 5.12. The standard InChI is InChI=1S/C17H20O2/c1-4-9-17(16(18)19-3)14-10-11(2)12-7-5-6-8-13(12)15(14)17/h4-9,11,14-15H,10H2,1-3H3/b9-4+/t11-,14-,15+,17+/m0/s1. The molecule has 0 saturated heterocycles. The molecule has 0 heterocycles. The molecule has 2 nitrogen and oxygen atoms in total. The topological polar surface area (TPSA) is 26.3 Å². The minimum atomic E-state index is -0.412. The van der Waals surface area contributed by atoms with Crippen LogP contribution in [0.1, 0.15) is 43.2 Å². The number of carbonyl (C=O) groups excluding carboxylic acids is 1. The zero-order valence-electron chi connectivity index (χ0n) is 11.7. The van der Waals surface area contributed by atoms with Crippen molar-refractivity contribution in [3.05, 3.63) is 47.5 Å². The van der Waals surface area contributed by atoms with Crippen molar-refractivity contribution in [1.29, 1.82) is 0 Å². The zero-order valence-corrected chi connectivity index (χ0v) is 11.7. The van der Waals surface area contributed by atoms with E-state index in [1.807, 2.05) is 13.0 Å². The molecule has 0 aliphatic heterocycles. The summed E-state index contributed by atoms with van der Waals surface area (Å²) in [6, 6.07) is 8.54. The molecule has 2 aliphatic rings. The maximum absolute atomic E-state index is 12.3. The Balaban J connectivity index is 2.09. The Morgan fingerprint density at radius 2 is 2.05 bits per heavy atom. The highest BCUT2D eigenvalue weighted by Gasteiger charge is 2.70. The molecule has 0 amide bonds. The molecule has 0 radical (unpaired) electrons. The molecular weight excluding hydrogens is 236 g/mol. The Hall–Kier alpha value is -1.57. The average molecular weight is 256 g/mol. The third-order valence-electron chi connectivity index (χ3n) is 4.87. The smallest absolute Gasteiger partial charge is 0.316 e. The number of fused-ring (bicyclic) bond motifs is 3. The number of carbonyl (C=O) groups is 1. The van der Waals surface area contributed by atoms with E-state index in [4.69, 9.17) is 4.74 Å². The number of esters is 1. The van der Waals surface area contributed by atoms with Crippen LogP contribution < -0.4 is 0 Å². The SMILES string of the molecule is C/C=C/[C@]1(C(=O)OC)[C@@H]2c3ccccc3[C@@H](C)C[C@@H]21. The lowest BCUT2D eigenvalue weighted by Crippen LogP contribution is -2.18. The summed E-state index contributed by atoms with van der Waals surface area (Å²) < 4.78 is 5.08. The van der Waals surface area contributed by atoms with E-state index in [1.165, 1.54) is 18.2 Å². The largest absolute Gasteiger partial charge is 0.468 e. The van der Waals surface area contributed by atoms with Crippen LogP contribution >= 0.6 is 0 Å². The second kappa shape index (κ2) is 4.22. The molecule has 2 aliphatic carbocycles. The van der Waals surface area contributed by atoms with Crippen molar-refractivity contribution >= 4 is 5.97 Å². The molecule has 1 aromatic carbocycles. The first-order chi connectivity index (χ1) is 9.16. The Morgan fingerprint density at radius 3 is 2.68 bits per heavy atom. The molecule has 100 valence electrons. The molecule has 3 rings (SSSR count). The van der Waals surface area contributed by atoms with Crippen molar-refractivity contribution in [2.45, 2.75) is 32.1 Å². The summed E-state index contributed by atoms with van der Waals surface area (Å²) in [7, 11) is 1.49. The first-order valence-electron chi connectivity index (χ1n) is 6.98. The quantitative estimate of drug-likeness (QED) is 0.596. The molecule has 0 bridgehead atoms. The maximum Gasteiger partial charge on any atom is 0.316 e. The van der Waals surface area contributed by atoms with E-state index in [-0.39, 0.29) is 5.97 Å². The van der Waals surface area contributed by atoms with E-state index >= 15 is 0 Å². The monoisotopic (exact) mass is 256 g/mol. The van der Waals surface area contributed by atoms with Crippen LogP contribution in [0.4, 0.5) is 0 Å². The summed E-state index contributed by atoms with van der Waals surface area (Å²) >= 11 is 0. The highest BCUT2D eigenvalue weighted by atomic mass is 16.5. The predicted molar refractivity (Wildman–Crippen MR) is 75.0 cm³/mol. The van der Waals surface area contributed by atoms with Gasteiger partial charge in [-0.15, -0.1) is 0 Å². The van der Waals surface area contributed by atoms with Gasteiger partial charge in [0.15, 0.2) is 0 Å². The first-order valence-corrected chi connectivity index (χ1v) is 6.98. The fourth-order valence-electron chi connectivity index (χ4n) is 4.06. The van der Waals surface area contributed by atoms with E-state index in [9.17, 15) is 4.79 Å². The Bertz CT molecular complexity index is 546. The van der Waals surface area contributed by atoms with Crippen molar-refractivity contribution in [1.82, 2.24) is 0 Å². The fraction of sp³-hybridized carbons (Fsp3) is 0.471. The summed E-state index contributed by atoms with van der Waals surface area (Å²) in [5.74, 6) is 1.16. The van der Waals surface area contributed by atoms with Gasteiger partial charge >= 0.3 is 5.97 Å². The van der Waals surface area contributed by atoms with E-state index in [0.29, 0.717) is 17.8 Å². The molecule has 1 saturated carbocycles. The molecule has 19 heavy (non-hydrogen) atoms. The lowest BCUT2D eigenvalue weighted by molar-refractivity contribution is -0.145. The molecular formula is C17H20O2. The number of ether oxygens (including phenoxy) is 1. The van der Waals surface area contributed by atoms with Gasteiger partial charge in [0.05, 0.1) is 12.5 Å². The van der Waals surface area contributed by atoms with Gasteiger partial charge < -0.3 is 4.74 Å². The third kappa shape index (κ3) is 1.52. The Labute approximate surface area is 114 Å². The summed E-state index contributed by atoms with van der Waals surface area (Å²) in [5.41, 5.74) is 2.33. The Kier molecular flexibility index (Phi) is 2.77. The molecule has 0 unspecified atom stereocenters. The lowest BCUT2D eigenvalue weighted by atomic mass is 9.84. The number of rotatable bonds is 2. The van der Waals surface area contributed by atoms with Gasteiger partial charge in [-0.1, -0.05) is 43.3 Å². The van der Waals surface area contributed by atoms with Gasteiger partial charge in [0, 0.05) is 5.92 Å². The molecule has 1 aromatic rings. The van der Waals surface area contributed by atoms with Crippen LogP contribution in [0.2, 0.25) is 0 Å². The minimum Gasteiger partial charge on any atom is -0.468 e. The van der Waals surface area contributed by atoms with Crippen molar-refractivity contribution in [2.75, 3.05) is 7.11 Å². The van der Waals surface area contributed by atoms with Crippen molar-refractivity contribution in [3.8, 4) is 0 Å². The highest BCUT2D eigenvalue weighted by Crippen LogP contribution is 2.72. The van der Waals surface area contributed by atoms with Gasteiger partial charge in [0.1, 0.15) is 0 Å². The lowest BCUT2D eigenvalue weighted by Gasteiger charge is -2.20. The van der Waals surface area contributed by atoms with Crippen LogP contribution in [0.25, 0.3) is 0 Å². The van der Waals surface area contributed by atoms with Gasteiger partial charge in [-0.2, -0.15) is 0 Å². The average Bonchev–Trinajstić information content (AvgIpc) is 3.07. The van der Waals surface area contributed by atoms with E-state index in [2.05, 4.69) is 37.3 Å².